The van der Waals surface area contributed by atoms with Gasteiger partial charge in [-0.3, -0.25) is 14.5 Å². The van der Waals surface area contributed by atoms with Gasteiger partial charge in [-0.15, -0.1) is 0 Å². The molecule has 4 aromatic rings. The van der Waals surface area contributed by atoms with Crippen molar-refractivity contribution < 1.29 is 0 Å². The molecular weight excluding hydrogens is 264 g/mol. The molecule has 0 amide bonds. The summed E-state index contributed by atoms with van der Waals surface area (Å²) in [7, 11) is 0. The van der Waals surface area contributed by atoms with E-state index in [-0.39, 0.29) is 0 Å². The normalized spacial score (nSPS) is 11.0. The van der Waals surface area contributed by atoms with E-state index in [1.54, 1.807) is 12.4 Å². The zero-order chi connectivity index (χ0) is 14.2. The van der Waals surface area contributed by atoms with E-state index in [1.807, 2.05) is 47.1 Å². The smallest absolute Gasteiger partial charge is 0.137 e. The number of hydrogen-bond acceptors (Lipinski definition) is 4. The molecule has 4 heterocycles. The van der Waals surface area contributed by atoms with E-state index in [2.05, 4.69) is 20.2 Å². The lowest BCUT2D eigenvalue weighted by atomic mass is 10.1. The molecule has 0 bridgehead atoms. The minimum atomic E-state index is 0.550. The molecule has 6 nitrogen and oxygen atoms in total. The first-order valence-electron chi connectivity index (χ1n) is 6.50. The Morgan fingerprint density at radius 3 is 2.76 bits per heavy atom. The van der Waals surface area contributed by atoms with Crippen LogP contribution >= 0.6 is 0 Å². The van der Waals surface area contributed by atoms with Gasteiger partial charge in [-0.05, 0) is 24.3 Å². The fourth-order valence-electron chi connectivity index (χ4n) is 2.37. The highest BCUT2D eigenvalue weighted by Gasteiger charge is 2.10. The van der Waals surface area contributed by atoms with Crippen LogP contribution in [0.3, 0.4) is 0 Å². The highest BCUT2D eigenvalue weighted by molar-refractivity contribution is 5.74. The number of fused-ring (bicyclic) bond motifs is 1. The first-order valence-corrected chi connectivity index (χ1v) is 6.50. The Hall–Kier alpha value is -3.15. The summed E-state index contributed by atoms with van der Waals surface area (Å²) in [5, 5.41) is 6.71. The molecule has 0 spiro atoms. The lowest BCUT2D eigenvalue weighted by Gasteiger charge is -2.04. The van der Waals surface area contributed by atoms with Crippen LogP contribution < -0.4 is 5.73 Å². The number of nitrogens with two attached hydrogens (primary N) is 1. The number of aromatic amines is 1. The molecule has 0 unspecified atom stereocenters. The van der Waals surface area contributed by atoms with Gasteiger partial charge in [0.1, 0.15) is 11.5 Å². The summed E-state index contributed by atoms with van der Waals surface area (Å²) < 4.78 is 2.00. The van der Waals surface area contributed by atoms with Crippen LogP contribution in [0.5, 0.6) is 0 Å². The second-order valence-corrected chi connectivity index (χ2v) is 4.70. The van der Waals surface area contributed by atoms with Crippen LogP contribution in [0.15, 0.2) is 55.1 Å². The number of H-pyrrole nitrogens is 1. The van der Waals surface area contributed by atoms with Crippen molar-refractivity contribution in [2.75, 3.05) is 5.73 Å². The molecule has 0 saturated heterocycles. The Balaban J connectivity index is 1.93. The molecule has 4 aromatic heterocycles. The van der Waals surface area contributed by atoms with Crippen molar-refractivity contribution in [3.63, 3.8) is 0 Å². The van der Waals surface area contributed by atoms with E-state index in [0.717, 1.165) is 28.2 Å². The quantitative estimate of drug-likeness (QED) is 0.588. The van der Waals surface area contributed by atoms with Crippen molar-refractivity contribution in [3.05, 3.63) is 55.1 Å². The standard InChI is InChI=1S/C15H12N6/c16-15-11(7-19-20-15)10-4-5-14-18-8-13(21(14)9-10)12-3-1-2-6-17-12/h1-9H,(H3,16,19,20). The topological polar surface area (TPSA) is 84.9 Å². The number of pyridine rings is 2. The van der Waals surface area contributed by atoms with Gasteiger partial charge < -0.3 is 5.73 Å². The van der Waals surface area contributed by atoms with Gasteiger partial charge in [-0.1, -0.05) is 6.07 Å². The summed E-state index contributed by atoms with van der Waals surface area (Å²) in [5.41, 5.74) is 10.4. The molecule has 0 aromatic carbocycles. The first kappa shape index (κ1) is 11.7. The summed E-state index contributed by atoms with van der Waals surface area (Å²) in [4.78, 5) is 8.79. The van der Waals surface area contributed by atoms with Crippen molar-refractivity contribution in [1.29, 1.82) is 0 Å². The Bertz CT molecular complexity index is 906. The maximum absolute atomic E-state index is 5.89. The highest BCUT2D eigenvalue weighted by Crippen LogP contribution is 2.26. The Labute approximate surface area is 120 Å². The second-order valence-electron chi connectivity index (χ2n) is 4.70. The van der Waals surface area contributed by atoms with E-state index in [1.165, 1.54) is 0 Å². The molecule has 3 N–H and O–H groups in total. The Morgan fingerprint density at radius 2 is 2.00 bits per heavy atom. The number of imidazole rings is 1. The van der Waals surface area contributed by atoms with Gasteiger partial charge in [0.2, 0.25) is 0 Å². The molecule has 6 heteroatoms. The third-order valence-electron chi connectivity index (χ3n) is 3.41. The van der Waals surface area contributed by atoms with Crippen LogP contribution in [-0.2, 0) is 0 Å². The largest absolute Gasteiger partial charge is 0.384 e. The predicted octanol–water partition coefficient (Wildman–Crippen LogP) is 2.37. The number of nitrogens with one attached hydrogen (secondary N) is 1. The molecular formula is C15H12N6. The van der Waals surface area contributed by atoms with E-state index < -0.39 is 0 Å². The molecule has 0 fully saturated rings. The zero-order valence-electron chi connectivity index (χ0n) is 11.1. The fourth-order valence-corrected chi connectivity index (χ4v) is 2.37. The van der Waals surface area contributed by atoms with E-state index >= 15 is 0 Å². The SMILES string of the molecule is Nc1[nH]ncc1-c1ccc2ncc(-c3ccccn3)n2c1. The van der Waals surface area contributed by atoms with Gasteiger partial charge in [0.05, 0.1) is 23.8 Å². The molecule has 0 aliphatic rings. The van der Waals surface area contributed by atoms with Crippen LogP contribution in [0.4, 0.5) is 5.82 Å². The van der Waals surface area contributed by atoms with Gasteiger partial charge in [-0.25, -0.2) is 4.98 Å². The van der Waals surface area contributed by atoms with Gasteiger partial charge in [0, 0.05) is 23.5 Å². The van der Waals surface area contributed by atoms with Gasteiger partial charge in [-0.2, -0.15) is 5.10 Å². The van der Waals surface area contributed by atoms with Crippen molar-refractivity contribution in [2.45, 2.75) is 0 Å². The summed E-state index contributed by atoms with van der Waals surface area (Å²) in [6.07, 6.45) is 7.30. The lowest BCUT2D eigenvalue weighted by molar-refractivity contribution is 1.10. The number of nitrogen functional groups attached to an aromatic ring is 1. The highest BCUT2D eigenvalue weighted by atomic mass is 15.1. The number of hydrogen-bond donors (Lipinski definition) is 2. The molecule has 0 saturated carbocycles. The summed E-state index contributed by atoms with van der Waals surface area (Å²) >= 11 is 0. The Morgan fingerprint density at radius 1 is 1.05 bits per heavy atom. The molecule has 0 aliphatic carbocycles. The number of anilines is 1. The predicted molar refractivity (Wildman–Crippen MR) is 80.4 cm³/mol. The minimum absolute atomic E-state index is 0.550. The van der Waals surface area contributed by atoms with Crippen LogP contribution in [0.2, 0.25) is 0 Å². The first-order chi connectivity index (χ1) is 10.3. The maximum atomic E-state index is 5.89. The second kappa shape index (κ2) is 4.45. The zero-order valence-corrected chi connectivity index (χ0v) is 11.1. The summed E-state index contributed by atoms with van der Waals surface area (Å²) in [5.74, 6) is 0.550. The molecule has 4 rings (SSSR count). The van der Waals surface area contributed by atoms with Crippen molar-refractivity contribution in [2.24, 2.45) is 0 Å². The van der Waals surface area contributed by atoms with Crippen molar-refractivity contribution in [1.82, 2.24) is 24.6 Å². The van der Waals surface area contributed by atoms with Crippen molar-refractivity contribution >= 4 is 11.5 Å². The van der Waals surface area contributed by atoms with Crippen LogP contribution in [-0.4, -0.2) is 24.6 Å². The molecule has 0 radical (unpaired) electrons. The van der Waals surface area contributed by atoms with Crippen molar-refractivity contribution in [3.8, 4) is 22.5 Å². The molecule has 21 heavy (non-hydrogen) atoms. The van der Waals surface area contributed by atoms with E-state index in [0.29, 0.717) is 5.82 Å². The third kappa shape index (κ3) is 1.85. The van der Waals surface area contributed by atoms with Crippen LogP contribution in [0.25, 0.3) is 28.2 Å². The average molecular weight is 276 g/mol. The summed E-state index contributed by atoms with van der Waals surface area (Å²) in [6, 6.07) is 9.74. The van der Waals surface area contributed by atoms with Gasteiger partial charge in [0.15, 0.2) is 0 Å². The maximum Gasteiger partial charge on any atom is 0.137 e. The average Bonchev–Trinajstić information content (AvgIpc) is 3.13. The number of rotatable bonds is 2. The number of nitrogens with zero attached hydrogens (tertiary/aromatic N) is 4. The number of aromatic nitrogens is 5. The molecule has 0 aliphatic heterocycles. The van der Waals surface area contributed by atoms with Crippen LogP contribution in [0.1, 0.15) is 0 Å². The summed E-state index contributed by atoms with van der Waals surface area (Å²) in [6.45, 7) is 0. The molecule has 0 atom stereocenters. The Kier molecular flexibility index (Phi) is 2.47. The van der Waals surface area contributed by atoms with E-state index in [4.69, 9.17) is 5.73 Å². The fraction of sp³-hybridized carbons (Fsp3) is 0. The monoisotopic (exact) mass is 276 g/mol. The van der Waals surface area contributed by atoms with Gasteiger partial charge in [0.25, 0.3) is 0 Å². The molecule has 102 valence electrons. The van der Waals surface area contributed by atoms with Gasteiger partial charge >= 0.3 is 0 Å². The van der Waals surface area contributed by atoms with E-state index in [9.17, 15) is 0 Å². The third-order valence-corrected chi connectivity index (χ3v) is 3.41. The lowest BCUT2D eigenvalue weighted by Crippen LogP contribution is -1.93. The van der Waals surface area contributed by atoms with Crippen LogP contribution in [0, 0.1) is 0 Å². The minimum Gasteiger partial charge on any atom is -0.384 e.